The molecule has 4 rings (SSSR count). The van der Waals surface area contributed by atoms with Gasteiger partial charge in [-0.2, -0.15) is 18.2 Å². The smallest absolute Gasteiger partial charge is 0.416 e. The molecule has 5 nitrogen and oxygen atoms in total. The summed E-state index contributed by atoms with van der Waals surface area (Å²) in [6.07, 6.45) is -4.43. The monoisotopic (exact) mass is 372 g/mol. The molecule has 0 aliphatic carbocycles. The Morgan fingerprint density at radius 1 is 1.00 bits per heavy atom. The molecule has 8 heteroatoms. The second kappa shape index (κ2) is 6.08. The van der Waals surface area contributed by atoms with Crippen LogP contribution in [0.3, 0.4) is 0 Å². The first-order valence-corrected chi connectivity index (χ1v) is 7.87. The third-order valence-electron chi connectivity index (χ3n) is 4.01. The molecule has 2 aromatic heterocycles. The molecule has 0 bridgehead atoms. The van der Waals surface area contributed by atoms with Gasteiger partial charge in [-0.3, -0.25) is 0 Å². The number of rotatable bonds is 2. The van der Waals surface area contributed by atoms with E-state index in [2.05, 4.69) is 10.1 Å². The van der Waals surface area contributed by atoms with Gasteiger partial charge in [0.05, 0.1) is 5.56 Å². The van der Waals surface area contributed by atoms with E-state index in [4.69, 9.17) is 8.94 Å². The Bertz CT molecular complexity index is 1190. The van der Waals surface area contributed by atoms with Crippen LogP contribution in [0.1, 0.15) is 11.1 Å². The van der Waals surface area contributed by atoms with Crippen molar-refractivity contribution in [3.63, 3.8) is 0 Å². The number of nitrogens with zero attached hydrogens (tertiary/aromatic N) is 2. The quantitative estimate of drug-likeness (QED) is 0.471. The first-order chi connectivity index (χ1) is 12.8. The SMILES string of the molecule is Cc1ccc2oc(=O)c(-c3nc(-c4ccc(C(F)(F)F)cc4)no3)cc2c1. The van der Waals surface area contributed by atoms with Crippen molar-refractivity contribution in [2.24, 2.45) is 0 Å². The van der Waals surface area contributed by atoms with Gasteiger partial charge in [0.1, 0.15) is 11.1 Å². The van der Waals surface area contributed by atoms with Gasteiger partial charge in [0.15, 0.2) is 0 Å². The highest BCUT2D eigenvalue weighted by Gasteiger charge is 2.30. The van der Waals surface area contributed by atoms with Crippen LogP contribution in [-0.4, -0.2) is 10.1 Å². The number of aromatic nitrogens is 2. The number of hydrogen-bond donors (Lipinski definition) is 0. The zero-order valence-electron chi connectivity index (χ0n) is 13.9. The Morgan fingerprint density at radius 2 is 1.74 bits per heavy atom. The van der Waals surface area contributed by atoms with Crippen LogP contribution in [0.5, 0.6) is 0 Å². The van der Waals surface area contributed by atoms with E-state index in [1.54, 1.807) is 12.1 Å². The highest BCUT2D eigenvalue weighted by atomic mass is 19.4. The maximum atomic E-state index is 12.7. The van der Waals surface area contributed by atoms with Crippen molar-refractivity contribution in [1.82, 2.24) is 10.1 Å². The minimum Gasteiger partial charge on any atom is -0.422 e. The molecule has 4 aromatic rings. The van der Waals surface area contributed by atoms with E-state index in [-0.39, 0.29) is 17.3 Å². The van der Waals surface area contributed by atoms with E-state index < -0.39 is 17.4 Å². The van der Waals surface area contributed by atoms with E-state index in [0.29, 0.717) is 16.5 Å². The summed E-state index contributed by atoms with van der Waals surface area (Å²) in [6, 6.07) is 11.3. The van der Waals surface area contributed by atoms with E-state index in [0.717, 1.165) is 17.7 Å². The summed E-state index contributed by atoms with van der Waals surface area (Å²) < 4.78 is 48.3. The van der Waals surface area contributed by atoms with Gasteiger partial charge in [0.2, 0.25) is 5.82 Å². The number of halogens is 3. The lowest BCUT2D eigenvalue weighted by Gasteiger charge is -2.05. The third-order valence-corrected chi connectivity index (χ3v) is 4.01. The number of fused-ring (bicyclic) bond motifs is 1. The van der Waals surface area contributed by atoms with Gasteiger partial charge in [-0.1, -0.05) is 28.9 Å². The average molecular weight is 372 g/mol. The molecule has 2 heterocycles. The minimum atomic E-state index is -4.43. The third kappa shape index (κ3) is 3.21. The summed E-state index contributed by atoms with van der Waals surface area (Å²) in [5, 5.41) is 4.44. The van der Waals surface area contributed by atoms with Crippen LogP contribution in [0.4, 0.5) is 13.2 Å². The Morgan fingerprint density at radius 3 is 2.44 bits per heavy atom. The molecule has 0 saturated heterocycles. The van der Waals surface area contributed by atoms with E-state index in [9.17, 15) is 18.0 Å². The Hall–Kier alpha value is -3.42. The standard InChI is InChI=1S/C19H11F3N2O3/c1-10-2-7-15-12(8-10)9-14(18(25)26-15)17-23-16(24-27-17)11-3-5-13(6-4-11)19(20,21)22/h2-9H,1H3. The fourth-order valence-corrected chi connectivity index (χ4v) is 2.65. The Balaban J connectivity index is 1.73. The minimum absolute atomic E-state index is 0.0675. The van der Waals surface area contributed by atoms with Crippen molar-refractivity contribution in [2.75, 3.05) is 0 Å². The van der Waals surface area contributed by atoms with E-state index >= 15 is 0 Å². The lowest BCUT2D eigenvalue weighted by Crippen LogP contribution is -2.04. The van der Waals surface area contributed by atoms with Crippen LogP contribution in [0.15, 0.2) is 62.3 Å². The molecule has 2 aromatic carbocycles. The van der Waals surface area contributed by atoms with Gasteiger partial charge in [-0.15, -0.1) is 0 Å². The van der Waals surface area contributed by atoms with Gasteiger partial charge in [0, 0.05) is 10.9 Å². The summed E-state index contributed by atoms with van der Waals surface area (Å²) in [7, 11) is 0. The van der Waals surface area contributed by atoms with Gasteiger partial charge in [0.25, 0.3) is 5.89 Å². The fourth-order valence-electron chi connectivity index (χ4n) is 2.65. The lowest BCUT2D eigenvalue weighted by molar-refractivity contribution is -0.137. The van der Waals surface area contributed by atoms with E-state index in [1.807, 2.05) is 19.1 Å². The predicted octanol–water partition coefficient (Wildman–Crippen LogP) is 4.84. The molecule has 0 aliphatic heterocycles. The lowest BCUT2D eigenvalue weighted by atomic mass is 10.1. The number of benzene rings is 2. The molecule has 0 radical (unpaired) electrons. The molecular weight excluding hydrogens is 361 g/mol. The molecule has 0 spiro atoms. The van der Waals surface area contributed by atoms with Crippen molar-refractivity contribution < 1.29 is 22.1 Å². The van der Waals surface area contributed by atoms with Crippen molar-refractivity contribution in [1.29, 1.82) is 0 Å². The summed E-state index contributed by atoms with van der Waals surface area (Å²) in [6.45, 7) is 1.90. The molecular formula is C19H11F3N2O3. The zero-order chi connectivity index (χ0) is 19.2. The highest BCUT2D eigenvalue weighted by Crippen LogP contribution is 2.31. The first kappa shape index (κ1) is 17.0. The fraction of sp³-hybridized carbons (Fsp3) is 0.105. The molecule has 27 heavy (non-hydrogen) atoms. The van der Waals surface area contributed by atoms with Gasteiger partial charge < -0.3 is 8.94 Å². The molecule has 0 atom stereocenters. The van der Waals surface area contributed by atoms with E-state index in [1.165, 1.54) is 12.1 Å². The molecule has 0 fully saturated rings. The average Bonchev–Trinajstić information content (AvgIpc) is 3.11. The molecule has 0 aliphatic rings. The Kier molecular flexibility index (Phi) is 3.83. The van der Waals surface area contributed by atoms with Crippen molar-refractivity contribution in [3.8, 4) is 22.8 Å². The van der Waals surface area contributed by atoms with Crippen molar-refractivity contribution in [3.05, 3.63) is 70.1 Å². The first-order valence-electron chi connectivity index (χ1n) is 7.87. The van der Waals surface area contributed by atoms with Crippen molar-refractivity contribution >= 4 is 11.0 Å². The topological polar surface area (TPSA) is 69.1 Å². The number of aryl methyl sites for hydroxylation is 1. The summed E-state index contributed by atoms with van der Waals surface area (Å²) in [5.74, 6) is 0.00418. The van der Waals surface area contributed by atoms with Crippen LogP contribution in [0, 0.1) is 6.92 Å². The maximum Gasteiger partial charge on any atom is 0.416 e. The maximum absolute atomic E-state index is 12.7. The number of hydrogen-bond acceptors (Lipinski definition) is 5. The number of alkyl halides is 3. The molecule has 136 valence electrons. The van der Waals surface area contributed by atoms with Gasteiger partial charge in [-0.05, 0) is 37.3 Å². The second-order valence-corrected chi connectivity index (χ2v) is 5.99. The Labute approximate surface area is 150 Å². The van der Waals surface area contributed by atoms with Crippen LogP contribution < -0.4 is 5.63 Å². The normalized spacial score (nSPS) is 11.9. The van der Waals surface area contributed by atoms with Crippen LogP contribution >= 0.6 is 0 Å². The van der Waals surface area contributed by atoms with Crippen LogP contribution in [0.2, 0.25) is 0 Å². The molecule has 0 unspecified atom stereocenters. The largest absolute Gasteiger partial charge is 0.422 e. The zero-order valence-corrected chi connectivity index (χ0v) is 13.9. The summed E-state index contributed by atoms with van der Waals surface area (Å²) in [4.78, 5) is 16.3. The molecule has 0 amide bonds. The van der Waals surface area contributed by atoms with Gasteiger partial charge >= 0.3 is 11.8 Å². The predicted molar refractivity (Wildman–Crippen MR) is 91.0 cm³/mol. The van der Waals surface area contributed by atoms with Gasteiger partial charge in [-0.25, -0.2) is 4.79 Å². The summed E-state index contributed by atoms with van der Waals surface area (Å²) >= 11 is 0. The molecule has 0 saturated carbocycles. The van der Waals surface area contributed by atoms with Crippen molar-refractivity contribution in [2.45, 2.75) is 13.1 Å². The van der Waals surface area contributed by atoms with Crippen LogP contribution in [-0.2, 0) is 6.18 Å². The molecule has 0 N–H and O–H groups in total. The van der Waals surface area contributed by atoms with Crippen LogP contribution in [0.25, 0.3) is 33.8 Å². The second-order valence-electron chi connectivity index (χ2n) is 5.99. The highest BCUT2D eigenvalue weighted by molar-refractivity contribution is 5.81. The summed E-state index contributed by atoms with van der Waals surface area (Å²) in [5.41, 5.74) is 0.405.